The molecule has 0 fully saturated rings. The molecule has 0 aliphatic rings. The number of halogens is 1. The molecular weight excluding hydrogens is 439 g/mol. The van der Waals surface area contributed by atoms with E-state index in [1.165, 1.54) is 19.3 Å². The van der Waals surface area contributed by atoms with Crippen LogP contribution in [0.2, 0.25) is 0 Å². The highest BCUT2D eigenvalue weighted by atomic mass is 32.2. The summed E-state index contributed by atoms with van der Waals surface area (Å²) in [5.74, 6) is -0.278. The quantitative estimate of drug-likeness (QED) is 0.486. The second-order valence-electron chi connectivity index (χ2n) is 6.58. The molecule has 9 nitrogen and oxygen atoms in total. The van der Waals surface area contributed by atoms with E-state index >= 15 is 0 Å². The Morgan fingerprint density at radius 3 is 2.34 bits per heavy atom. The molecule has 1 aromatic heterocycles. The minimum atomic E-state index is -3.55. The van der Waals surface area contributed by atoms with Gasteiger partial charge in [0.25, 0.3) is 5.91 Å². The Bertz CT molecular complexity index is 1260. The summed E-state index contributed by atoms with van der Waals surface area (Å²) in [6, 6.07) is 11.7. The number of benzene rings is 2. The molecule has 0 unspecified atom stereocenters. The lowest BCUT2D eigenvalue weighted by Gasteiger charge is -2.11. The van der Waals surface area contributed by atoms with Crippen molar-refractivity contribution >= 4 is 33.2 Å². The molecule has 2 aromatic carbocycles. The summed E-state index contributed by atoms with van der Waals surface area (Å²) in [5, 5.41) is 7.27. The van der Waals surface area contributed by atoms with E-state index < -0.39 is 21.7 Å². The van der Waals surface area contributed by atoms with Crippen LogP contribution in [-0.2, 0) is 9.84 Å². The van der Waals surface area contributed by atoms with Gasteiger partial charge < -0.3 is 20.7 Å². The Morgan fingerprint density at radius 1 is 0.969 bits per heavy atom. The van der Waals surface area contributed by atoms with Crippen LogP contribution < -0.4 is 20.7 Å². The zero-order valence-corrected chi connectivity index (χ0v) is 17.9. The number of hydrogen-bond donors (Lipinski definition) is 3. The van der Waals surface area contributed by atoms with E-state index in [0.29, 0.717) is 17.2 Å². The van der Waals surface area contributed by atoms with Crippen LogP contribution in [0.4, 0.5) is 20.6 Å². The summed E-state index contributed by atoms with van der Waals surface area (Å²) < 4.78 is 42.8. The van der Waals surface area contributed by atoms with Gasteiger partial charge in [0, 0.05) is 31.3 Å². The third kappa shape index (κ3) is 5.79. The van der Waals surface area contributed by atoms with Crippen molar-refractivity contribution in [2.45, 2.75) is 4.90 Å². The number of carbonyl (C=O) groups is 2. The highest BCUT2D eigenvalue weighted by Gasteiger charge is 2.13. The van der Waals surface area contributed by atoms with Crippen LogP contribution in [0.5, 0.6) is 11.5 Å². The number of pyridine rings is 1. The summed E-state index contributed by atoms with van der Waals surface area (Å²) in [5.41, 5.74) is 0.317. The maximum Gasteiger partial charge on any atom is 0.323 e. The molecule has 0 radical (unpaired) electrons. The van der Waals surface area contributed by atoms with Crippen LogP contribution in [-0.4, -0.2) is 38.6 Å². The number of aromatic nitrogens is 1. The second kappa shape index (κ2) is 9.43. The number of nitrogens with one attached hydrogen (secondary N) is 3. The van der Waals surface area contributed by atoms with Crippen molar-refractivity contribution in [3.05, 3.63) is 72.3 Å². The van der Waals surface area contributed by atoms with Gasteiger partial charge in [0.15, 0.2) is 9.84 Å². The largest absolute Gasteiger partial charge is 0.457 e. The van der Waals surface area contributed by atoms with Crippen molar-refractivity contribution < 1.29 is 27.1 Å². The molecule has 0 aliphatic heterocycles. The van der Waals surface area contributed by atoms with Crippen molar-refractivity contribution in [2.75, 3.05) is 23.9 Å². The first-order valence-corrected chi connectivity index (χ1v) is 11.1. The van der Waals surface area contributed by atoms with Gasteiger partial charge in [0.1, 0.15) is 23.0 Å². The number of carbonyl (C=O) groups excluding carboxylic acids is 2. The fourth-order valence-corrected chi connectivity index (χ4v) is 3.23. The van der Waals surface area contributed by atoms with Gasteiger partial charge in [0.05, 0.1) is 10.6 Å². The monoisotopic (exact) mass is 458 g/mol. The van der Waals surface area contributed by atoms with Gasteiger partial charge in [-0.1, -0.05) is 0 Å². The van der Waals surface area contributed by atoms with Crippen molar-refractivity contribution in [2.24, 2.45) is 0 Å². The van der Waals surface area contributed by atoms with Crippen molar-refractivity contribution in [1.82, 2.24) is 10.3 Å². The first kappa shape index (κ1) is 22.7. The average molecular weight is 458 g/mol. The summed E-state index contributed by atoms with van der Waals surface area (Å²) >= 11 is 0. The van der Waals surface area contributed by atoms with Crippen molar-refractivity contribution in [3.63, 3.8) is 0 Å². The van der Waals surface area contributed by atoms with Gasteiger partial charge in [-0.3, -0.25) is 9.78 Å². The minimum Gasteiger partial charge on any atom is -0.457 e. The van der Waals surface area contributed by atoms with E-state index in [0.717, 1.165) is 24.5 Å². The van der Waals surface area contributed by atoms with E-state index in [-0.39, 0.29) is 22.2 Å². The lowest BCUT2D eigenvalue weighted by atomic mass is 10.3. The van der Waals surface area contributed by atoms with Crippen LogP contribution >= 0.6 is 0 Å². The van der Waals surface area contributed by atoms with E-state index in [1.807, 2.05) is 0 Å². The summed E-state index contributed by atoms with van der Waals surface area (Å²) in [6.45, 7) is 0. The van der Waals surface area contributed by atoms with E-state index in [2.05, 4.69) is 20.9 Å². The second-order valence-corrected chi connectivity index (χ2v) is 8.59. The van der Waals surface area contributed by atoms with Gasteiger partial charge in [0.2, 0.25) is 0 Å². The molecule has 166 valence electrons. The molecule has 0 aliphatic carbocycles. The topological polar surface area (TPSA) is 126 Å². The minimum absolute atomic E-state index is 0.119. The Kier molecular flexibility index (Phi) is 6.69. The predicted octanol–water partition coefficient (Wildman–Crippen LogP) is 3.42. The zero-order chi connectivity index (χ0) is 23.3. The Hall–Kier alpha value is -3.99. The summed E-state index contributed by atoms with van der Waals surface area (Å²) in [7, 11) is -2.06. The number of amides is 3. The molecule has 0 saturated heterocycles. The van der Waals surface area contributed by atoms with E-state index in [1.54, 1.807) is 30.3 Å². The number of nitrogens with zero attached hydrogens (tertiary/aromatic N) is 1. The Morgan fingerprint density at radius 2 is 1.69 bits per heavy atom. The number of sulfone groups is 1. The maximum atomic E-state index is 13.9. The number of ether oxygens (including phenoxy) is 1. The van der Waals surface area contributed by atoms with Crippen LogP contribution in [0, 0.1) is 5.82 Å². The van der Waals surface area contributed by atoms with Gasteiger partial charge >= 0.3 is 6.03 Å². The first-order valence-electron chi connectivity index (χ1n) is 9.19. The fourth-order valence-electron chi connectivity index (χ4n) is 2.58. The lowest BCUT2D eigenvalue weighted by molar-refractivity contribution is 0.0957. The number of urea groups is 1. The molecule has 0 spiro atoms. The average Bonchev–Trinajstić information content (AvgIpc) is 2.75. The van der Waals surface area contributed by atoms with E-state index in [9.17, 15) is 22.4 Å². The molecule has 3 N–H and O–H groups in total. The first-order chi connectivity index (χ1) is 15.2. The van der Waals surface area contributed by atoms with Gasteiger partial charge in [-0.15, -0.1) is 0 Å². The highest BCUT2D eigenvalue weighted by Crippen LogP contribution is 2.24. The van der Waals surface area contributed by atoms with Crippen LogP contribution in [0.25, 0.3) is 0 Å². The summed E-state index contributed by atoms with van der Waals surface area (Å²) in [4.78, 5) is 27.7. The smallest absolute Gasteiger partial charge is 0.323 e. The molecule has 0 saturated carbocycles. The van der Waals surface area contributed by atoms with Crippen LogP contribution in [0.1, 0.15) is 10.5 Å². The molecule has 3 aromatic rings. The lowest BCUT2D eigenvalue weighted by Crippen LogP contribution is -2.20. The van der Waals surface area contributed by atoms with Gasteiger partial charge in [-0.05, 0) is 48.5 Å². The normalized spacial score (nSPS) is 10.8. The third-order valence-corrected chi connectivity index (χ3v) is 5.26. The van der Waals surface area contributed by atoms with Crippen LogP contribution in [0.15, 0.2) is 65.7 Å². The molecule has 0 atom stereocenters. The molecule has 1 heterocycles. The number of rotatable bonds is 6. The zero-order valence-electron chi connectivity index (χ0n) is 17.0. The standard InChI is InChI=1S/C21H19FN4O5S/c1-23-20(27)19-11-15(9-10-24-19)31-14-5-3-13(4-6-14)25-21(28)26-18-12-16(32(2,29)30)7-8-17(18)22/h3-12H,1-2H3,(H,23,27)(H2,25,26,28). The van der Waals surface area contributed by atoms with E-state index in [4.69, 9.17) is 4.74 Å². The number of anilines is 2. The molecule has 11 heteroatoms. The highest BCUT2D eigenvalue weighted by molar-refractivity contribution is 7.90. The number of hydrogen-bond acceptors (Lipinski definition) is 6. The molecule has 3 rings (SSSR count). The maximum absolute atomic E-state index is 13.9. The fraction of sp³-hybridized carbons (Fsp3) is 0.0952. The van der Waals surface area contributed by atoms with Crippen LogP contribution in [0.3, 0.4) is 0 Å². The molecule has 32 heavy (non-hydrogen) atoms. The van der Waals surface area contributed by atoms with Gasteiger partial charge in [-0.25, -0.2) is 17.6 Å². The molecule has 3 amide bonds. The SMILES string of the molecule is CNC(=O)c1cc(Oc2ccc(NC(=O)Nc3cc(S(C)(=O)=O)ccc3F)cc2)ccn1. The molecular formula is C21H19FN4O5S. The third-order valence-electron chi connectivity index (χ3n) is 4.15. The Balaban J connectivity index is 1.65. The molecule has 0 bridgehead atoms. The summed E-state index contributed by atoms with van der Waals surface area (Å²) in [6.07, 6.45) is 2.43. The Labute approximate surface area is 183 Å². The van der Waals surface area contributed by atoms with Crippen molar-refractivity contribution in [1.29, 1.82) is 0 Å². The predicted molar refractivity (Wildman–Crippen MR) is 116 cm³/mol. The van der Waals surface area contributed by atoms with Gasteiger partial charge in [-0.2, -0.15) is 0 Å². The van der Waals surface area contributed by atoms with Crippen molar-refractivity contribution in [3.8, 4) is 11.5 Å².